The molecule has 1 saturated heterocycles. The Balaban J connectivity index is 2.61. The molecule has 0 radical (unpaired) electrons. The highest BCUT2D eigenvalue weighted by Gasteiger charge is 2.34. The summed E-state index contributed by atoms with van der Waals surface area (Å²) in [7, 11) is -2.96. The van der Waals surface area contributed by atoms with Crippen molar-refractivity contribution in [2.45, 2.75) is 19.8 Å². The first-order chi connectivity index (χ1) is 7.50. The lowest BCUT2D eigenvalue weighted by molar-refractivity contribution is -0.134. The molecule has 16 heavy (non-hydrogen) atoms. The first-order valence-corrected chi connectivity index (χ1v) is 8.49. The number of nitrogens with zero attached hydrogens (tertiary/aromatic N) is 1. The molecular weight excluding hydrogens is 294 g/mol. The fourth-order valence-electron chi connectivity index (χ4n) is 1.95. The van der Waals surface area contributed by atoms with Crippen LogP contribution in [0, 0.1) is 5.92 Å². The standard InChI is InChI=1S/C10H18BrNO3S/c1-2-5-12(6-4-11)10(13)9-3-7-16(14,15)8-9/h9H,2-8H2,1H3. The summed E-state index contributed by atoms with van der Waals surface area (Å²) in [5.74, 6) is -0.107. The van der Waals surface area contributed by atoms with E-state index in [2.05, 4.69) is 15.9 Å². The molecule has 4 nitrogen and oxygen atoms in total. The summed E-state index contributed by atoms with van der Waals surface area (Å²) in [4.78, 5) is 13.8. The van der Waals surface area contributed by atoms with Gasteiger partial charge in [-0.25, -0.2) is 8.42 Å². The van der Waals surface area contributed by atoms with Crippen LogP contribution in [0.25, 0.3) is 0 Å². The highest BCUT2D eigenvalue weighted by molar-refractivity contribution is 9.09. The number of hydrogen-bond donors (Lipinski definition) is 0. The largest absolute Gasteiger partial charge is 0.342 e. The van der Waals surface area contributed by atoms with Gasteiger partial charge < -0.3 is 4.90 Å². The molecule has 1 aliphatic rings. The molecular formula is C10H18BrNO3S. The Morgan fingerprint density at radius 2 is 2.12 bits per heavy atom. The van der Waals surface area contributed by atoms with Gasteiger partial charge in [0.05, 0.1) is 17.4 Å². The second kappa shape index (κ2) is 6.00. The zero-order chi connectivity index (χ0) is 12.2. The summed E-state index contributed by atoms with van der Waals surface area (Å²) < 4.78 is 22.6. The quantitative estimate of drug-likeness (QED) is 0.713. The Kier molecular flexibility index (Phi) is 5.24. The molecule has 0 saturated carbocycles. The molecule has 0 aliphatic carbocycles. The van der Waals surface area contributed by atoms with Gasteiger partial charge in [-0.1, -0.05) is 22.9 Å². The maximum atomic E-state index is 12.1. The second-order valence-corrected chi connectivity index (χ2v) is 7.14. The predicted molar refractivity (Wildman–Crippen MR) is 67.4 cm³/mol. The molecule has 0 N–H and O–H groups in total. The summed E-state index contributed by atoms with van der Waals surface area (Å²) in [6.07, 6.45) is 1.39. The van der Waals surface area contributed by atoms with E-state index in [9.17, 15) is 13.2 Å². The van der Waals surface area contributed by atoms with Gasteiger partial charge in [0.2, 0.25) is 5.91 Å². The Bertz CT molecular complexity index is 336. The van der Waals surface area contributed by atoms with E-state index >= 15 is 0 Å². The molecule has 1 amide bonds. The van der Waals surface area contributed by atoms with Crippen molar-refractivity contribution in [1.29, 1.82) is 0 Å². The van der Waals surface area contributed by atoms with Crippen LogP contribution >= 0.6 is 15.9 Å². The number of alkyl halides is 1. The second-order valence-electron chi connectivity index (χ2n) is 4.11. The van der Waals surface area contributed by atoms with Crippen molar-refractivity contribution in [1.82, 2.24) is 4.90 Å². The van der Waals surface area contributed by atoms with Crippen molar-refractivity contribution >= 4 is 31.7 Å². The van der Waals surface area contributed by atoms with Gasteiger partial charge in [-0.3, -0.25) is 4.79 Å². The molecule has 0 aromatic heterocycles. The average molecular weight is 312 g/mol. The molecule has 94 valence electrons. The zero-order valence-electron chi connectivity index (χ0n) is 9.49. The van der Waals surface area contributed by atoms with Crippen LogP contribution in [-0.4, -0.2) is 49.2 Å². The lowest BCUT2D eigenvalue weighted by atomic mass is 10.1. The minimum Gasteiger partial charge on any atom is -0.342 e. The van der Waals surface area contributed by atoms with Crippen LogP contribution in [0.15, 0.2) is 0 Å². The van der Waals surface area contributed by atoms with Gasteiger partial charge >= 0.3 is 0 Å². The number of rotatable bonds is 5. The Morgan fingerprint density at radius 1 is 1.44 bits per heavy atom. The Morgan fingerprint density at radius 3 is 2.56 bits per heavy atom. The molecule has 1 rings (SSSR count). The Labute approximate surface area is 105 Å². The van der Waals surface area contributed by atoms with E-state index in [1.54, 1.807) is 4.90 Å². The smallest absolute Gasteiger partial charge is 0.226 e. The third-order valence-corrected chi connectivity index (χ3v) is 4.86. The monoisotopic (exact) mass is 311 g/mol. The van der Waals surface area contributed by atoms with Gasteiger partial charge in [0.25, 0.3) is 0 Å². The van der Waals surface area contributed by atoms with E-state index < -0.39 is 9.84 Å². The molecule has 0 spiro atoms. The third-order valence-electron chi connectivity index (χ3n) is 2.74. The van der Waals surface area contributed by atoms with Gasteiger partial charge in [0, 0.05) is 18.4 Å². The van der Waals surface area contributed by atoms with E-state index in [-0.39, 0.29) is 23.3 Å². The first-order valence-electron chi connectivity index (χ1n) is 5.55. The number of carbonyl (C=O) groups is 1. The highest BCUT2D eigenvalue weighted by atomic mass is 79.9. The van der Waals surface area contributed by atoms with Crippen LogP contribution in [-0.2, 0) is 14.6 Å². The SMILES string of the molecule is CCCN(CCBr)C(=O)C1CCS(=O)(=O)C1. The van der Waals surface area contributed by atoms with Crippen molar-refractivity contribution in [3.8, 4) is 0 Å². The fraction of sp³-hybridized carbons (Fsp3) is 0.900. The summed E-state index contributed by atoms with van der Waals surface area (Å²) in [6.45, 7) is 3.38. The average Bonchev–Trinajstić information content (AvgIpc) is 2.57. The number of halogens is 1. The fourth-order valence-corrected chi connectivity index (χ4v) is 4.11. The minimum atomic E-state index is -2.96. The van der Waals surface area contributed by atoms with Crippen molar-refractivity contribution < 1.29 is 13.2 Å². The molecule has 0 aromatic carbocycles. The minimum absolute atomic E-state index is 0.00220. The van der Waals surface area contributed by atoms with Crippen LogP contribution in [0.5, 0.6) is 0 Å². The number of carbonyl (C=O) groups excluding carboxylic acids is 1. The Hall–Kier alpha value is -0.100. The van der Waals surface area contributed by atoms with Crippen LogP contribution < -0.4 is 0 Å². The van der Waals surface area contributed by atoms with Crippen LogP contribution in [0.1, 0.15) is 19.8 Å². The lowest BCUT2D eigenvalue weighted by Crippen LogP contribution is -2.38. The predicted octanol–water partition coefficient (Wildman–Crippen LogP) is 1.05. The van der Waals surface area contributed by atoms with E-state index in [1.165, 1.54) is 0 Å². The van der Waals surface area contributed by atoms with Crippen molar-refractivity contribution in [2.24, 2.45) is 5.92 Å². The van der Waals surface area contributed by atoms with E-state index in [1.807, 2.05) is 6.92 Å². The van der Waals surface area contributed by atoms with Crippen LogP contribution in [0.2, 0.25) is 0 Å². The molecule has 0 aromatic rings. The van der Waals surface area contributed by atoms with Crippen LogP contribution in [0.3, 0.4) is 0 Å². The van der Waals surface area contributed by atoms with Gasteiger partial charge in [-0.2, -0.15) is 0 Å². The topological polar surface area (TPSA) is 54.5 Å². The summed E-state index contributed by atoms with van der Waals surface area (Å²) in [6, 6.07) is 0. The maximum Gasteiger partial charge on any atom is 0.226 e. The maximum absolute atomic E-state index is 12.1. The molecule has 1 aliphatic heterocycles. The third kappa shape index (κ3) is 3.73. The summed E-state index contributed by atoms with van der Waals surface area (Å²) >= 11 is 3.31. The van der Waals surface area contributed by atoms with Crippen LogP contribution in [0.4, 0.5) is 0 Å². The molecule has 1 atom stereocenters. The van der Waals surface area contributed by atoms with Gasteiger partial charge in [0.15, 0.2) is 9.84 Å². The number of hydrogen-bond acceptors (Lipinski definition) is 3. The molecule has 0 bridgehead atoms. The normalized spacial score (nSPS) is 23.2. The van der Waals surface area contributed by atoms with Crippen molar-refractivity contribution in [2.75, 3.05) is 29.9 Å². The molecule has 1 unspecified atom stereocenters. The van der Waals surface area contributed by atoms with Crippen molar-refractivity contribution in [3.63, 3.8) is 0 Å². The van der Waals surface area contributed by atoms with Crippen molar-refractivity contribution in [3.05, 3.63) is 0 Å². The number of sulfone groups is 1. The van der Waals surface area contributed by atoms with Gasteiger partial charge in [-0.15, -0.1) is 0 Å². The number of amides is 1. The summed E-state index contributed by atoms with van der Waals surface area (Å²) in [5, 5.41) is 0.734. The lowest BCUT2D eigenvalue weighted by Gasteiger charge is -2.23. The van der Waals surface area contributed by atoms with Gasteiger partial charge in [-0.05, 0) is 12.8 Å². The molecule has 6 heteroatoms. The molecule has 1 heterocycles. The highest BCUT2D eigenvalue weighted by Crippen LogP contribution is 2.20. The van der Waals surface area contributed by atoms with E-state index in [0.29, 0.717) is 19.5 Å². The summed E-state index contributed by atoms with van der Waals surface area (Å²) in [5.41, 5.74) is 0. The van der Waals surface area contributed by atoms with Gasteiger partial charge in [0.1, 0.15) is 0 Å². The van der Waals surface area contributed by atoms with E-state index in [4.69, 9.17) is 0 Å². The molecule has 1 fully saturated rings. The van der Waals surface area contributed by atoms with E-state index in [0.717, 1.165) is 11.8 Å². The first kappa shape index (κ1) is 14.0. The zero-order valence-corrected chi connectivity index (χ0v) is 11.9.